The lowest BCUT2D eigenvalue weighted by molar-refractivity contribution is -0.141. The van der Waals surface area contributed by atoms with E-state index < -0.39 is 5.97 Å². The fourth-order valence-corrected chi connectivity index (χ4v) is 3.26. The highest BCUT2D eigenvalue weighted by molar-refractivity contribution is 7.13. The van der Waals surface area contributed by atoms with E-state index in [9.17, 15) is 9.59 Å². The molecule has 1 aliphatic carbocycles. The summed E-state index contributed by atoms with van der Waals surface area (Å²) in [6.45, 7) is 6.20. The van der Waals surface area contributed by atoms with E-state index in [1.165, 1.54) is 11.3 Å². The molecule has 2 amide bonds. The van der Waals surface area contributed by atoms with Crippen LogP contribution in [-0.4, -0.2) is 28.1 Å². The fourth-order valence-electron chi connectivity index (χ4n) is 2.33. The number of hydrogen-bond acceptors (Lipinski definition) is 4. The summed E-state index contributed by atoms with van der Waals surface area (Å²) in [7, 11) is 0. The van der Waals surface area contributed by atoms with Crippen LogP contribution in [0.5, 0.6) is 0 Å². The summed E-state index contributed by atoms with van der Waals surface area (Å²) < 4.78 is 0. The minimum atomic E-state index is -0.783. The van der Waals surface area contributed by atoms with Crippen LogP contribution in [0.1, 0.15) is 45.7 Å². The SMILES string of the molecule is CC(C)(C)c1csc(NC(=O)N[C@H]2CC[C@@H](C(=O)O)C2)n1. The fraction of sp³-hybridized carbons (Fsp3) is 0.643. The van der Waals surface area contributed by atoms with Crippen molar-refractivity contribution < 1.29 is 14.7 Å². The Bertz CT molecular complexity index is 536. The number of aromatic nitrogens is 1. The predicted molar refractivity (Wildman–Crippen MR) is 81.7 cm³/mol. The Morgan fingerprint density at radius 2 is 2.10 bits per heavy atom. The number of amides is 2. The van der Waals surface area contributed by atoms with Crippen LogP contribution in [0.15, 0.2) is 5.38 Å². The molecule has 1 aromatic rings. The Morgan fingerprint density at radius 3 is 2.62 bits per heavy atom. The molecule has 0 spiro atoms. The largest absolute Gasteiger partial charge is 0.481 e. The maximum absolute atomic E-state index is 11.9. The van der Waals surface area contributed by atoms with Gasteiger partial charge in [-0.1, -0.05) is 20.8 Å². The molecule has 0 aliphatic heterocycles. The maximum atomic E-state index is 11.9. The number of rotatable bonds is 3. The average molecular weight is 311 g/mol. The molecular formula is C14H21N3O3S. The lowest BCUT2D eigenvalue weighted by Crippen LogP contribution is -2.36. The number of carbonyl (C=O) groups excluding carboxylic acids is 1. The Kier molecular flexibility index (Phi) is 4.51. The van der Waals surface area contributed by atoms with Gasteiger partial charge in [0.1, 0.15) is 0 Å². The molecule has 0 bridgehead atoms. The first kappa shape index (κ1) is 15.8. The van der Waals surface area contributed by atoms with Crippen LogP contribution in [0.4, 0.5) is 9.93 Å². The molecule has 1 aromatic heterocycles. The van der Waals surface area contributed by atoms with Gasteiger partial charge in [0.25, 0.3) is 0 Å². The van der Waals surface area contributed by atoms with Gasteiger partial charge in [-0.2, -0.15) is 0 Å². The maximum Gasteiger partial charge on any atom is 0.321 e. The minimum absolute atomic E-state index is 0.0485. The summed E-state index contributed by atoms with van der Waals surface area (Å²) in [5.41, 5.74) is 0.891. The van der Waals surface area contributed by atoms with Crippen LogP contribution in [0.2, 0.25) is 0 Å². The van der Waals surface area contributed by atoms with E-state index in [1.54, 1.807) is 0 Å². The molecule has 1 heterocycles. The quantitative estimate of drug-likeness (QED) is 0.800. The van der Waals surface area contributed by atoms with E-state index in [-0.39, 0.29) is 23.4 Å². The van der Waals surface area contributed by atoms with Crippen LogP contribution in [0, 0.1) is 5.92 Å². The zero-order valence-electron chi connectivity index (χ0n) is 12.5. The van der Waals surface area contributed by atoms with Gasteiger partial charge in [0.05, 0.1) is 11.6 Å². The van der Waals surface area contributed by atoms with Crippen molar-refractivity contribution in [2.75, 3.05) is 5.32 Å². The van der Waals surface area contributed by atoms with E-state index in [0.717, 1.165) is 5.69 Å². The van der Waals surface area contributed by atoms with E-state index in [0.29, 0.717) is 24.4 Å². The number of urea groups is 1. The molecule has 1 saturated carbocycles. The number of nitrogens with one attached hydrogen (secondary N) is 2. The third kappa shape index (κ3) is 4.17. The smallest absolute Gasteiger partial charge is 0.321 e. The summed E-state index contributed by atoms with van der Waals surface area (Å²) >= 11 is 1.39. The molecule has 2 rings (SSSR count). The first-order valence-electron chi connectivity index (χ1n) is 7.02. The summed E-state index contributed by atoms with van der Waals surface area (Å²) in [4.78, 5) is 27.2. The van der Waals surface area contributed by atoms with Crippen molar-refractivity contribution in [1.29, 1.82) is 0 Å². The summed E-state index contributed by atoms with van der Waals surface area (Å²) in [5.74, 6) is -1.13. The number of thiazole rings is 1. The molecule has 116 valence electrons. The van der Waals surface area contributed by atoms with Gasteiger partial charge in [-0.15, -0.1) is 11.3 Å². The molecule has 3 N–H and O–H groups in total. The van der Waals surface area contributed by atoms with Gasteiger partial charge >= 0.3 is 12.0 Å². The van der Waals surface area contributed by atoms with Gasteiger partial charge in [-0.25, -0.2) is 9.78 Å². The lowest BCUT2D eigenvalue weighted by atomic mass is 9.93. The highest BCUT2D eigenvalue weighted by Gasteiger charge is 2.30. The molecule has 0 unspecified atom stereocenters. The second kappa shape index (κ2) is 6.01. The number of carbonyl (C=O) groups is 2. The third-order valence-electron chi connectivity index (χ3n) is 3.61. The highest BCUT2D eigenvalue weighted by Crippen LogP contribution is 2.27. The Labute approximate surface area is 128 Å². The van der Waals surface area contributed by atoms with Crippen molar-refractivity contribution >= 4 is 28.5 Å². The van der Waals surface area contributed by atoms with Crippen molar-refractivity contribution in [2.45, 2.75) is 51.5 Å². The van der Waals surface area contributed by atoms with Gasteiger partial charge in [0.2, 0.25) is 0 Å². The molecule has 21 heavy (non-hydrogen) atoms. The van der Waals surface area contributed by atoms with Gasteiger partial charge in [-0.05, 0) is 19.3 Å². The van der Waals surface area contributed by atoms with Crippen LogP contribution >= 0.6 is 11.3 Å². The molecule has 0 radical (unpaired) electrons. The van der Waals surface area contributed by atoms with E-state index in [4.69, 9.17) is 5.11 Å². The molecular weight excluding hydrogens is 290 g/mol. The number of nitrogens with zero attached hydrogens (tertiary/aromatic N) is 1. The van der Waals surface area contributed by atoms with Gasteiger partial charge < -0.3 is 10.4 Å². The molecule has 0 aromatic carbocycles. The van der Waals surface area contributed by atoms with Crippen molar-refractivity contribution in [3.63, 3.8) is 0 Å². The lowest BCUT2D eigenvalue weighted by Gasteiger charge is -2.14. The predicted octanol–water partition coefficient (Wildman–Crippen LogP) is 2.82. The normalized spacial score (nSPS) is 22.0. The first-order chi connectivity index (χ1) is 9.75. The third-order valence-corrected chi connectivity index (χ3v) is 4.37. The van der Waals surface area contributed by atoms with Gasteiger partial charge in [0.15, 0.2) is 5.13 Å². The van der Waals surface area contributed by atoms with Crippen LogP contribution < -0.4 is 10.6 Å². The number of aliphatic carboxylic acids is 1. The molecule has 0 saturated heterocycles. The minimum Gasteiger partial charge on any atom is -0.481 e. The zero-order valence-corrected chi connectivity index (χ0v) is 13.3. The second-order valence-electron chi connectivity index (χ2n) is 6.43. The van der Waals surface area contributed by atoms with Crippen molar-refractivity contribution in [3.05, 3.63) is 11.1 Å². The van der Waals surface area contributed by atoms with Crippen molar-refractivity contribution in [3.8, 4) is 0 Å². The monoisotopic (exact) mass is 311 g/mol. The number of anilines is 1. The zero-order chi connectivity index (χ0) is 15.6. The topological polar surface area (TPSA) is 91.3 Å². The number of hydrogen-bond donors (Lipinski definition) is 3. The summed E-state index contributed by atoms with van der Waals surface area (Å²) in [6.07, 6.45) is 1.81. The van der Waals surface area contributed by atoms with Crippen LogP contribution in [-0.2, 0) is 10.2 Å². The second-order valence-corrected chi connectivity index (χ2v) is 7.29. The standard InChI is InChI=1S/C14H21N3O3S/c1-14(2,3)10-7-21-13(16-10)17-12(20)15-9-5-4-8(6-9)11(18)19/h7-9H,4-6H2,1-3H3,(H,18,19)(H2,15,16,17,20)/t8-,9+/m1/s1. The Morgan fingerprint density at radius 1 is 1.38 bits per heavy atom. The van der Waals surface area contributed by atoms with Gasteiger partial charge in [0, 0.05) is 16.8 Å². The van der Waals surface area contributed by atoms with Crippen molar-refractivity contribution in [1.82, 2.24) is 10.3 Å². The Balaban J connectivity index is 1.85. The highest BCUT2D eigenvalue weighted by atomic mass is 32.1. The number of carboxylic acid groups (broad SMARTS) is 1. The average Bonchev–Trinajstić information content (AvgIpc) is 2.97. The van der Waals surface area contributed by atoms with E-state index >= 15 is 0 Å². The summed E-state index contributed by atoms with van der Waals surface area (Å²) in [6, 6.07) is -0.394. The van der Waals surface area contributed by atoms with E-state index in [2.05, 4.69) is 36.4 Å². The van der Waals surface area contributed by atoms with Crippen molar-refractivity contribution in [2.24, 2.45) is 5.92 Å². The molecule has 1 fully saturated rings. The molecule has 6 nitrogen and oxygen atoms in total. The molecule has 1 aliphatic rings. The van der Waals surface area contributed by atoms with Gasteiger partial charge in [-0.3, -0.25) is 10.1 Å². The molecule has 7 heteroatoms. The van der Waals surface area contributed by atoms with Crippen LogP contribution in [0.25, 0.3) is 0 Å². The van der Waals surface area contributed by atoms with Crippen LogP contribution in [0.3, 0.4) is 0 Å². The first-order valence-corrected chi connectivity index (χ1v) is 7.90. The summed E-state index contributed by atoms with van der Waals surface area (Å²) in [5, 5.41) is 17.0. The molecule has 2 atom stereocenters. The van der Waals surface area contributed by atoms with E-state index in [1.807, 2.05) is 5.38 Å². The Hall–Kier alpha value is -1.63. The number of carboxylic acids is 1.